The average Bonchev–Trinajstić information content (AvgIpc) is 2.45. The Balaban J connectivity index is 2.78. The van der Waals surface area contributed by atoms with Crippen molar-refractivity contribution in [1.82, 2.24) is 4.90 Å². The molecule has 2 N–H and O–H groups in total. The van der Waals surface area contributed by atoms with Gasteiger partial charge in [0.25, 0.3) is 0 Å². The first-order valence-corrected chi connectivity index (χ1v) is 6.86. The van der Waals surface area contributed by atoms with Gasteiger partial charge in [-0.15, -0.1) is 0 Å². The second-order valence-electron chi connectivity index (χ2n) is 4.61. The highest BCUT2D eigenvalue weighted by molar-refractivity contribution is 5.43. The Bertz CT molecular complexity index is 382. The minimum atomic E-state index is -0.00805. The molecule has 19 heavy (non-hydrogen) atoms. The Morgan fingerprint density at radius 3 is 2.37 bits per heavy atom. The number of methoxy groups -OCH3 is 2. The molecule has 108 valence electrons. The molecule has 4 nitrogen and oxygen atoms in total. The summed E-state index contributed by atoms with van der Waals surface area (Å²) in [5.74, 6) is 1.47. The van der Waals surface area contributed by atoms with Crippen molar-refractivity contribution in [2.24, 2.45) is 5.73 Å². The topological polar surface area (TPSA) is 47.7 Å². The fourth-order valence-electron chi connectivity index (χ4n) is 2.16. The van der Waals surface area contributed by atoms with Crippen molar-refractivity contribution in [2.75, 3.05) is 33.9 Å². The van der Waals surface area contributed by atoms with Crippen LogP contribution in [0, 0.1) is 0 Å². The average molecular weight is 266 g/mol. The molecule has 1 rings (SSSR count). The fraction of sp³-hybridized carbons (Fsp3) is 0.600. The summed E-state index contributed by atoms with van der Waals surface area (Å²) in [6.45, 7) is 7.31. The van der Waals surface area contributed by atoms with Crippen LogP contribution in [0.4, 0.5) is 0 Å². The highest BCUT2D eigenvalue weighted by Crippen LogP contribution is 2.29. The molecule has 0 heterocycles. The first-order valence-electron chi connectivity index (χ1n) is 6.86. The van der Waals surface area contributed by atoms with Crippen molar-refractivity contribution >= 4 is 0 Å². The van der Waals surface area contributed by atoms with Gasteiger partial charge >= 0.3 is 0 Å². The van der Waals surface area contributed by atoms with Gasteiger partial charge in [0.2, 0.25) is 0 Å². The number of hydrogen-bond acceptors (Lipinski definition) is 4. The largest absolute Gasteiger partial charge is 0.493 e. The van der Waals surface area contributed by atoms with Crippen LogP contribution in [0.15, 0.2) is 18.2 Å². The molecule has 0 aliphatic heterocycles. The summed E-state index contributed by atoms with van der Waals surface area (Å²) in [6.07, 6.45) is 1.15. The quantitative estimate of drug-likeness (QED) is 0.785. The van der Waals surface area contributed by atoms with Gasteiger partial charge in [-0.1, -0.05) is 19.9 Å². The summed E-state index contributed by atoms with van der Waals surface area (Å²) in [7, 11) is 3.28. The summed E-state index contributed by atoms with van der Waals surface area (Å²) < 4.78 is 10.5. The maximum absolute atomic E-state index is 6.28. The normalized spacial score (nSPS) is 12.5. The summed E-state index contributed by atoms with van der Waals surface area (Å²) in [5, 5.41) is 0. The van der Waals surface area contributed by atoms with Crippen LogP contribution in [0.2, 0.25) is 0 Å². The minimum Gasteiger partial charge on any atom is -0.493 e. The molecule has 0 aliphatic rings. The smallest absolute Gasteiger partial charge is 0.161 e. The zero-order valence-electron chi connectivity index (χ0n) is 12.5. The number of ether oxygens (including phenoxy) is 2. The standard InChI is InChI=1S/C15H26N2O2/c1-5-9-17(6-2)11-13(16)12-7-8-14(18-3)15(10-12)19-4/h7-8,10,13H,5-6,9,11,16H2,1-4H3. The molecule has 0 amide bonds. The number of likely N-dealkylation sites (N-methyl/N-ethyl adjacent to an activating group) is 1. The third kappa shape index (κ3) is 4.40. The van der Waals surface area contributed by atoms with E-state index in [1.54, 1.807) is 14.2 Å². The van der Waals surface area contributed by atoms with Crippen LogP contribution in [0.25, 0.3) is 0 Å². The number of nitrogens with zero attached hydrogens (tertiary/aromatic N) is 1. The van der Waals surface area contributed by atoms with Crippen LogP contribution in [-0.4, -0.2) is 38.8 Å². The predicted molar refractivity (Wildman–Crippen MR) is 78.9 cm³/mol. The number of rotatable bonds is 8. The predicted octanol–water partition coefficient (Wildman–Crippen LogP) is 2.44. The van der Waals surface area contributed by atoms with Gasteiger partial charge < -0.3 is 20.1 Å². The van der Waals surface area contributed by atoms with Gasteiger partial charge in [0.15, 0.2) is 11.5 Å². The molecular weight excluding hydrogens is 240 g/mol. The Kier molecular flexibility index (Phi) is 6.67. The Hall–Kier alpha value is -1.26. The Morgan fingerprint density at radius 2 is 1.84 bits per heavy atom. The number of hydrogen-bond donors (Lipinski definition) is 1. The van der Waals surface area contributed by atoms with Crippen molar-refractivity contribution in [3.63, 3.8) is 0 Å². The molecule has 4 heteroatoms. The van der Waals surface area contributed by atoms with Crippen molar-refractivity contribution < 1.29 is 9.47 Å². The molecule has 0 saturated carbocycles. The fourth-order valence-corrected chi connectivity index (χ4v) is 2.16. The Labute approximate surface area is 116 Å². The summed E-state index contributed by atoms with van der Waals surface area (Å²) >= 11 is 0. The highest BCUT2D eigenvalue weighted by atomic mass is 16.5. The van der Waals surface area contributed by atoms with Gasteiger partial charge in [-0.3, -0.25) is 0 Å². The third-order valence-electron chi connectivity index (χ3n) is 3.28. The molecule has 0 saturated heterocycles. The van der Waals surface area contributed by atoms with Gasteiger partial charge in [-0.2, -0.15) is 0 Å². The minimum absolute atomic E-state index is 0.00805. The lowest BCUT2D eigenvalue weighted by Crippen LogP contribution is -2.32. The molecule has 0 spiro atoms. The molecule has 1 aromatic carbocycles. The van der Waals surface area contributed by atoms with Crippen molar-refractivity contribution in [3.05, 3.63) is 23.8 Å². The SMILES string of the molecule is CCCN(CC)CC(N)c1ccc(OC)c(OC)c1. The van der Waals surface area contributed by atoms with Crippen LogP contribution in [-0.2, 0) is 0 Å². The third-order valence-corrected chi connectivity index (χ3v) is 3.28. The van der Waals surface area contributed by atoms with Gasteiger partial charge in [-0.05, 0) is 37.2 Å². The molecule has 1 atom stereocenters. The molecule has 0 aliphatic carbocycles. The van der Waals surface area contributed by atoms with E-state index in [4.69, 9.17) is 15.2 Å². The second-order valence-corrected chi connectivity index (χ2v) is 4.61. The lowest BCUT2D eigenvalue weighted by atomic mass is 10.1. The van der Waals surface area contributed by atoms with E-state index < -0.39 is 0 Å². The first-order chi connectivity index (χ1) is 9.15. The van der Waals surface area contributed by atoms with Crippen LogP contribution in [0.1, 0.15) is 31.9 Å². The van der Waals surface area contributed by atoms with Crippen molar-refractivity contribution in [3.8, 4) is 11.5 Å². The monoisotopic (exact) mass is 266 g/mol. The zero-order chi connectivity index (χ0) is 14.3. The Morgan fingerprint density at radius 1 is 1.16 bits per heavy atom. The number of benzene rings is 1. The van der Waals surface area contributed by atoms with Crippen molar-refractivity contribution in [1.29, 1.82) is 0 Å². The lowest BCUT2D eigenvalue weighted by molar-refractivity contribution is 0.270. The van der Waals surface area contributed by atoms with Gasteiger partial charge in [0, 0.05) is 12.6 Å². The summed E-state index contributed by atoms with van der Waals surface area (Å²) in [5.41, 5.74) is 7.35. The molecule has 0 radical (unpaired) electrons. The molecule has 0 bridgehead atoms. The summed E-state index contributed by atoms with van der Waals surface area (Å²) in [6, 6.07) is 5.87. The zero-order valence-corrected chi connectivity index (χ0v) is 12.5. The van der Waals surface area contributed by atoms with Crippen LogP contribution >= 0.6 is 0 Å². The van der Waals surface area contributed by atoms with Crippen LogP contribution in [0.3, 0.4) is 0 Å². The van der Waals surface area contributed by atoms with E-state index in [2.05, 4.69) is 18.7 Å². The van der Waals surface area contributed by atoms with Gasteiger partial charge in [0.05, 0.1) is 14.2 Å². The van der Waals surface area contributed by atoms with E-state index in [0.717, 1.165) is 43.1 Å². The summed E-state index contributed by atoms with van der Waals surface area (Å²) in [4.78, 5) is 2.36. The van der Waals surface area contributed by atoms with Crippen molar-refractivity contribution in [2.45, 2.75) is 26.3 Å². The second kappa shape index (κ2) is 8.02. The van der Waals surface area contributed by atoms with Gasteiger partial charge in [0.1, 0.15) is 0 Å². The maximum atomic E-state index is 6.28. The van der Waals surface area contributed by atoms with Gasteiger partial charge in [-0.25, -0.2) is 0 Å². The first kappa shape index (κ1) is 15.8. The van der Waals surface area contributed by atoms with E-state index in [0.29, 0.717) is 0 Å². The van der Waals surface area contributed by atoms with E-state index in [-0.39, 0.29) is 6.04 Å². The van der Waals surface area contributed by atoms with Crippen LogP contribution < -0.4 is 15.2 Å². The molecule has 0 aromatic heterocycles. The van der Waals surface area contributed by atoms with Crippen LogP contribution in [0.5, 0.6) is 11.5 Å². The van der Waals surface area contributed by atoms with E-state index in [1.165, 1.54) is 0 Å². The molecule has 1 unspecified atom stereocenters. The maximum Gasteiger partial charge on any atom is 0.161 e. The molecular formula is C15H26N2O2. The molecule has 0 fully saturated rings. The lowest BCUT2D eigenvalue weighted by Gasteiger charge is -2.24. The van der Waals surface area contributed by atoms with E-state index in [1.807, 2.05) is 18.2 Å². The van der Waals surface area contributed by atoms with E-state index >= 15 is 0 Å². The number of nitrogens with two attached hydrogens (primary N) is 1. The van der Waals surface area contributed by atoms with E-state index in [9.17, 15) is 0 Å². The highest BCUT2D eigenvalue weighted by Gasteiger charge is 2.13. The molecule has 1 aromatic rings.